The Bertz CT molecular complexity index is 123. The maximum absolute atomic E-state index is 11.0. The van der Waals surface area contributed by atoms with Gasteiger partial charge in [-0.2, -0.15) is 0 Å². The summed E-state index contributed by atoms with van der Waals surface area (Å²) in [4.78, 5) is 11.0. The van der Waals surface area contributed by atoms with Crippen molar-refractivity contribution in [3.05, 3.63) is 0 Å². The van der Waals surface area contributed by atoms with Crippen molar-refractivity contribution < 1.29 is 15.0 Å². The molecule has 0 saturated heterocycles. The second kappa shape index (κ2) is 3.12. The molecular formula is C7H14O3. The van der Waals surface area contributed by atoms with Gasteiger partial charge in [-0.15, -0.1) is 0 Å². The van der Waals surface area contributed by atoms with E-state index in [9.17, 15) is 4.79 Å². The molecule has 3 nitrogen and oxygen atoms in total. The molecule has 0 aromatic heterocycles. The van der Waals surface area contributed by atoms with Crippen molar-refractivity contribution in [3.63, 3.8) is 0 Å². The molecule has 0 aromatic carbocycles. The molecule has 0 radical (unpaired) electrons. The monoisotopic (exact) mass is 146 g/mol. The molecule has 1 atom stereocenters. The van der Waals surface area contributed by atoms with Crippen LogP contribution in [0, 0.1) is 5.41 Å². The van der Waals surface area contributed by atoms with E-state index in [4.69, 9.17) is 10.2 Å². The van der Waals surface area contributed by atoms with Crippen LogP contribution >= 0.6 is 0 Å². The van der Waals surface area contributed by atoms with E-state index in [0.717, 1.165) is 0 Å². The molecule has 0 aliphatic carbocycles. The first-order chi connectivity index (χ1) is 4.39. The van der Waals surface area contributed by atoms with E-state index in [1.807, 2.05) is 0 Å². The SMILES string of the molecule is CC(C)(C)C(=O)C(O)CO. The van der Waals surface area contributed by atoms with Gasteiger partial charge in [-0.3, -0.25) is 4.79 Å². The number of aliphatic hydroxyl groups is 2. The summed E-state index contributed by atoms with van der Waals surface area (Å²) >= 11 is 0. The topological polar surface area (TPSA) is 57.5 Å². The van der Waals surface area contributed by atoms with Crippen LogP contribution in [0.25, 0.3) is 0 Å². The first-order valence-electron chi connectivity index (χ1n) is 3.23. The van der Waals surface area contributed by atoms with Crippen LogP contribution in [0.3, 0.4) is 0 Å². The summed E-state index contributed by atoms with van der Waals surface area (Å²) in [5.41, 5.74) is -0.567. The first-order valence-corrected chi connectivity index (χ1v) is 3.23. The van der Waals surface area contributed by atoms with E-state index in [-0.39, 0.29) is 5.78 Å². The Morgan fingerprint density at radius 3 is 2.00 bits per heavy atom. The molecule has 3 heteroatoms. The van der Waals surface area contributed by atoms with Crippen molar-refractivity contribution in [1.82, 2.24) is 0 Å². The maximum atomic E-state index is 11.0. The minimum atomic E-state index is -1.22. The summed E-state index contributed by atoms with van der Waals surface area (Å²) in [5.74, 6) is -0.324. The highest BCUT2D eigenvalue weighted by Gasteiger charge is 2.27. The smallest absolute Gasteiger partial charge is 0.168 e. The second-order valence-electron chi connectivity index (χ2n) is 3.31. The zero-order chi connectivity index (χ0) is 8.36. The Labute approximate surface area is 60.7 Å². The lowest BCUT2D eigenvalue weighted by molar-refractivity contribution is -0.136. The van der Waals surface area contributed by atoms with Crippen molar-refractivity contribution >= 4 is 5.78 Å². The van der Waals surface area contributed by atoms with Gasteiger partial charge in [0.25, 0.3) is 0 Å². The van der Waals surface area contributed by atoms with Crippen LogP contribution in [0.2, 0.25) is 0 Å². The lowest BCUT2D eigenvalue weighted by Crippen LogP contribution is -2.34. The third-order valence-corrected chi connectivity index (χ3v) is 1.21. The van der Waals surface area contributed by atoms with Crippen LogP contribution in [0.5, 0.6) is 0 Å². The van der Waals surface area contributed by atoms with Crippen LogP contribution in [0.4, 0.5) is 0 Å². The molecule has 0 aliphatic rings. The van der Waals surface area contributed by atoms with Gasteiger partial charge < -0.3 is 10.2 Å². The third-order valence-electron chi connectivity index (χ3n) is 1.21. The highest BCUT2D eigenvalue weighted by Crippen LogP contribution is 2.16. The second-order valence-corrected chi connectivity index (χ2v) is 3.31. The fourth-order valence-corrected chi connectivity index (χ4v) is 0.583. The summed E-state index contributed by atoms with van der Waals surface area (Å²) in [5, 5.41) is 17.3. The van der Waals surface area contributed by atoms with E-state index in [1.54, 1.807) is 20.8 Å². The van der Waals surface area contributed by atoms with Crippen LogP contribution < -0.4 is 0 Å². The van der Waals surface area contributed by atoms with Crippen molar-refractivity contribution in [1.29, 1.82) is 0 Å². The average molecular weight is 146 g/mol. The van der Waals surface area contributed by atoms with Crippen LogP contribution in [-0.4, -0.2) is 28.7 Å². The number of rotatable bonds is 2. The van der Waals surface area contributed by atoms with E-state index < -0.39 is 18.1 Å². The predicted octanol–water partition coefficient (Wildman–Crippen LogP) is -0.0452. The van der Waals surface area contributed by atoms with Gasteiger partial charge in [-0.25, -0.2) is 0 Å². The van der Waals surface area contributed by atoms with Crippen molar-refractivity contribution in [2.45, 2.75) is 26.9 Å². The first kappa shape index (κ1) is 9.59. The fourth-order valence-electron chi connectivity index (χ4n) is 0.583. The molecule has 0 aromatic rings. The van der Waals surface area contributed by atoms with Crippen LogP contribution in [0.1, 0.15) is 20.8 Å². The van der Waals surface area contributed by atoms with Crippen molar-refractivity contribution in [2.24, 2.45) is 5.41 Å². The van der Waals surface area contributed by atoms with Crippen LogP contribution in [-0.2, 0) is 4.79 Å². The van der Waals surface area contributed by atoms with Gasteiger partial charge in [0.15, 0.2) is 5.78 Å². The Hall–Kier alpha value is -0.410. The molecule has 0 aliphatic heterocycles. The molecule has 0 amide bonds. The molecule has 0 rings (SSSR count). The standard InChI is InChI=1S/C7H14O3/c1-7(2,3)6(10)5(9)4-8/h5,8-9H,4H2,1-3H3. The van der Waals surface area contributed by atoms with Gasteiger partial charge in [0.05, 0.1) is 6.61 Å². The number of ketones is 1. The zero-order valence-corrected chi connectivity index (χ0v) is 6.59. The maximum Gasteiger partial charge on any atom is 0.168 e. The Balaban J connectivity index is 4.09. The summed E-state index contributed by atoms with van der Waals surface area (Å²) in [6.45, 7) is 4.62. The highest BCUT2D eigenvalue weighted by molar-refractivity contribution is 5.87. The number of hydrogen-bond donors (Lipinski definition) is 2. The molecule has 1 unspecified atom stereocenters. The van der Waals surface area contributed by atoms with E-state index >= 15 is 0 Å². The summed E-state index contributed by atoms with van der Waals surface area (Å²) in [6, 6.07) is 0. The largest absolute Gasteiger partial charge is 0.393 e. The Morgan fingerprint density at radius 2 is 1.90 bits per heavy atom. The minimum Gasteiger partial charge on any atom is -0.393 e. The minimum absolute atomic E-state index is 0.324. The molecule has 0 fully saturated rings. The molecule has 0 spiro atoms. The van der Waals surface area contributed by atoms with E-state index in [2.05, 4.69) is 0 Å². The van der Waals surface area contributed by atoms with Gasteiger partial charge in [-0.05, 0) is 0 Å². The third kappa shape index (κ3) is 2.45. The number of carbonyl (C=O) groups excluding carboxylic acids is 1. The molecule has 0 heterocycles. The lowest BCUT2D eigenvalue weighted by atomic mass is 9.88. The lowest BCUT2D eigenvalue weighted by Gasteiger charge is -2.19. The van der Waals surface area contributed by atoms with E-state index in [0.29, 0.717) is 0 Å². The molecular weight excluding hydrogens is 132 g/mol. The summed E-state index contributed by atoms with van der Waals surface area (Å²) in [7, 11) is 0. The summed E-state index contributed by atoms with van der Waals surface area (Å²) < 4.78 is 0. The number of aliphatic hydroxyl groups excluding tert-OH is 2. The van der Waals surface area contributed by atoms with Gasteiger partial charge in [-0.1, -0.05) is 20.8 Å². The molecule has 60 valence electrons. The molecule has 2 N–H and O–H groups in total. The van der Waals surface area contributed by atoms with Crippen molar-refractivity contribution in [3.8, 4) is 0 Å². The molecule has 0 bridgehead atoms. The zero-order valence-electron chi connectivity index (χ0n) is 6.59. The number of carbonyl (C=O) groups is 1. The molecule has 0 saturated carbocycles. The van der Waals surface area contributed by atoms with E-state index in [1.165, 1.54) is 0 Å². The Kier molecular flexibility index (Phi) is 2.99. The number of Topliss-reactive ketones (excluding diaryl/α,β-unsaturated/α-hetero) is 1. The Morgan fingerprint density at radius 1 is 1.50 bits per heavy atom. The number of hydrogen-bond acceptors (Lipinski definition) is 3. The quantitative estimate of drug-likeness (QED) is 0.574. The van der Waals surface area contributed by atoms with Gasteiger partial charge >= 0.3 is 0 Å². The van der Waals surface area contributed by atoms with Crippen LogP contribution in [0.15, 0.2) is 0 Å². The van der Waals surface area contributed by atoms with Gasteiger partial charge in [0.1, 0.15) is 6.10 Å². The van der Waals surface area contributed by atoms with Gasteiger partial charge in [0.2, 0.25) is 0 Å². The average Bonchev–Trinajstić information content (AvgIpc) is 1.83. The normalized spacial score (nSPS) is 14.9. The van der Waals surface area contributed by atoms with Gasteiger partial charge in [0, 0.05) is 5.41 Å². The fraction of sp³-hybridized carbons (Fsp3) is 0.857. The summed E-state index contributed by atoms with van der Waals surface area (Å²) in [6.07, 6.45) is -1.22. The molecule has 10 heavy (non-hydrogen) atoms. The predicted molar refractivity (Wildman–Crippen MR) is 37.6 cm³/mol. The van der Waals surface area contributed by atoms with Crippen molar-refractivity contribution in [2.75, 3.05) is 6.61 Å². The highest BCUT2D eigenvalue weighted by atomic mass is 16.3.